The molecule has 0 aliphatic carbocycles. The lowest BCUT2D eigenvalue weighted by Crippen LogP contribution is -2.33. The van der Waals surface area contributed by atoms with Gasteiger partial charge in [0.1, 0.15) is 23.5 Å². The van der Waals surface area contributed by atoms with Gasteiger partial charge in [-0.15, -0.1) is 0 Å². The zero-order valence-corrected chi connectivity index (χ0v) is 15.5. The first-order chi connectivity index (χ1) is 13.6. The van der Waals surface area contributed by atoms with Crippen molar-refractivity contribution in [3.63, 3.8) is 0 Å². The number of hydrogen-bond donors (Lipinski definition) is 2. The van der Waals surface area contributed by atoms with Crippen LogP contribution in [0, 0.1) is 5.82 Å². The third-order valence-electron chi connectivity index (χ3n) is 4.94. The van der Waals surface area contributed by atoms with Crippen LogP contribution >= 0.6 is 0 Å². The number of phenols is 1. The number of phenolic OH excluding ortho intramolecular Hbond substituents is 1. The van der Waals surface area contributed by atoms with Crippen LogP contribution in [0.3, 0.4) is 0 Å². The minimum atomic E-state index is -0.411. The molecule has 0 unspecified atom stereocenters. The number of methoxy groups -OCH3 is 1. The number of para-hydroxylation sites is 1. The summed E-state index contributed by atoms with van der Waals surface area (Å²) in [5.74, 6) is 0.705. The van der Waals surface area contributed by atoms with Crippen LogP contribution in [-0.2, 0) is 0 Å². The lowest BCUT2D eigenvalue weighted by Gasteiger charge is -2.31. The molecule has 0 saturated carbocycles. The fourth-order valence-electron chi connectivity index (χ4n) is 3.49. The van der Waals surface area contributed by atoms with E-state index in [1.807, 2.05) is 42.5 Å². The van der Waals surface area contributed by atoms with Crippen LogP contribution in [0.5, 0.6) is 11.5 Å². The molecule has 2 atom stereocenters. The van der Waals surface area contributed by atoms with E-state index in [9.17, 15) is 9.50 Å². The Balaban J connectivity index is 1.74. The van der Waals surface area contributed by atoms with Crippen molar-refractivity contribution in [3.05, 3.63) is 95.3 Å². The van der Waals surface area contributed by atoms with E-state index in [4.69, 9.17) is 9.73 Å². The highest BCUT2D eigenvalue weighted by molar-refractivity contribution is 6.01. The molecule has 2 N–H and O–H groups in total. The van der Waals surface area contributed by atoms with Crippen LogP contribution in [0.1, 0.15) is 35.3 Å². The Morgan fingerprint density at radius 3 is 2.54 bits per heavy atom. The number of ether oxygens (including phenoxy) is 1. The number of nitrogens with one attached hydrogen (secondary N) is 1. The van der Waals surface area contributed by atoms with Gasteiger partial charge in [-0.05, 0) is 53.6 Å². The zero-order chi connectivity index (χ0) is 19.5. The first kappa shape index (κ1) is 18.2. The number of halogens is 1. The summed E-state index contributed by atoms with van der Waals surface area (Å²) in [6.07, 6.45) is 0.196. The average Bonchev–Trinajstić information content (AvgIpc) is 2.74. The maximum atomic E-state index is 13.8. The van der Waals surface area contributed by atoms with Crippen molar-refractivity contribution in [2.75, 3.05) is 7.11 Å². The van der Waals surface area contributed by atoms with E-state index in [0.29, 0.717) is 6.42 Å². The Morgan fingerprint density at radius 1 is 1.04 bits per heavy atom. The minimum Gasteiger partial charge on any atom is -0.508 e. The van der Waals surface area contributed by atoms with E-state index in [0.717, 1.165) is 28.2 Å². The van der Waals surface area contributed by atoms with Gasteiger partial charge in [0.2, 0.25) is 0 Å². The maximum Gasteiger partial charge on any atom is 0.126 e. The van der Waals surface area contributed by atoms with Gasteiger partial charge in [-0.2, -0.15) is 0 Å². The summed E-state index contributed by atoms with van der Waals surface area (Å²) in [6, 6.07) is 21.3. The molecule has 4 rings (SSSR count). The predicted octanol–water partition coefficient (Wildman–Crippen LogP) is 4.76. The quantitative estimate of drug-likeness (QED) is 0.690. The first-order valence-electron chi connectivity index (χ1n) is 9.14. The van der Waals surface area contributed by atoms with E-state index >= 15 is 0 Å². The molecule has 3 aromatic carbocycles. The third-order valence-corrected chi connectivity index (χ3v) is 4.94. The largest absolute Gasteiger partial charge is 0.508 e. The summed E-state index contributed by atoms with van der Waals surface area (Å²) in [5.41, 5.74) is 3.41. The lowest BCUT2D eigenvalue weighted by atomic mass is 9.93. The minimum absolute atomic E-state index is 0.149. The Bertz CT molecular complexity index is 1000. The summed E-state index contributed by atoms with van der Waals surface area (Å²) in [5, 5.41) is 13.8. The summed E-state index contributed by atoms with van der Waals surface area (Å²) in [4.78, 5) is 4.84. The molecule has 0 saturated heterocycles. The standard InChI is InChI=1S/C23H21FN2O2/c1-28-18-11-9-15(10-12-18)20-14-21(19-7-2-3-8-22(19)27)26-23(25-20)16-5-4-6-17(24)13-16/h2-13,21,23,26-27H,14H2,1H3/t21-,23-/m1/s1. The Hall–Kier alpha value is -3.18. The molecule has 4 nitrogen and oxygen atoms in total. The van der Waals surface area contributed by atoms with E-state index in [1.165, 1.54) is 12.1 Å². The number of rotatable bonds is 4. The average molecular weight is 376 g/mol. The van der Waals surface area contributed by atoms with Gasteiger partial charge < -0.3 is 9.84 Å². The summed E-state index contributed by atoms with van der Waals surface area (Å²) >= 11 is 0. The second kappa shape index (κ2) is 7.82. The van der Waals surface area contributed by atoms with Gasteiger partial charge in [-0.1, -0.05) is 30.3 Å². The van der Waals surface area contributed by atoms with Gasteiger partial charge in [0, 0.05) is 23.7 Å². The molecule has 1 heterocycles. The number of nitrogens with zero attached hydrogens (tertiary/aromatic N) is 1. The number of aliphatic imine (C=N–C) groups is 1. The molecule has 0 bridgehead atoms. The maximum absolute atomic E-state index is 13.8. The van der Waals surface area contributed by atoms with Crippen molar-refractivity contribution < 1.29 is 14.2 Å². The smallest absolute Gasteiger partial charge is 0.126 e. The van der Waals surface area contributed by atoms with Crippen LogP contribution in [0.4, 0.5) is 4.39 Å². The van der Waals surface area contributed by atoms with E-state index in [-0.39, 0.29) is 17.6 Å². The molecule has 1 aliphatic heterocycles. The Kier molecular flexibility index (Phi) is 5.08. The van der Waals surface area contributed by atoms with E-state index < -0.39 is 6.17 Å². The highest BCUT2D eigenvalue weighted by Crippen LogP contribution is 2.34. The third kappa shape index (κ3) is 3.75. The van der Waals surface area contributed by atoms with Gasteiger partial charge in [-0.25, -0.2) is 4.39 Å². The van der Waals surface area contributed by atoms with Crippen molar-refractivity contribution in [1.29, 1.82) is 0 Å². The van der Waals surface area contributed by atoms with Gasteiger partial charge in [0.25, 0.3) is 0 Å². The van der Waals surface area contributed by atoms with Crippen molar-refractivity contribution in [3.8, 4) is 11.5 Å². The van der Waals surface area contributed by atoms with Crippen molar-refractivity contribution >= 4 is 5.71 Å². The zero-order valence-electron chi connectivity index (χ0n) is 15.5. The number of hydrogen-bond acceptors (Lipinski definition) is 4. The monoisotopic (exact) mass is 376 g/mol. The highest BCUT2D eigenvalue weighted by Gasteiger charge is 2.27. The molecule has 3 aromatic rings. The fraction of sp³-hybridized carbons (Fsp3) is 0.174. The molecule has 5 heteroatoms. The summed E-state index contributed by atoms with van der Waals surface area (Å²) in [6.45, 7) is 0. The Morgan fingerprint density at radius 2 is 1.82 bits per heavy atom. The molecule has 0 fully saturated rings. The van der Waals surface area contributed by atoms with Crippen LogP contribution in [-0.4, -0.2) is 17.9 Å². The molecular formula is C23H21FN2O2. The first-order valence-corrected chi connectivity index (χ1v) is 9.14. The fourth-order valence-corrected chi connectivity index (χ4v) is 3.49. The number of benzene rings is 3. The summed E-state index contributed by atoms with van der Waals surface area (Å²) in [7, 11) is 1.63. The molecule has 0 spiro atoms. The van der Waals surface area contributed by atoms with Crippen molar-refractivity contribution in [2.24, 2.45) is 4.99 Å². The second-order valence-electron chi connectivity index (χ2n) is 6.74. The molecule has 0 radical (unpaired) electrons. The van der Waals surface area contributed by atoms with Crippen molar-refractivity contribution in [1.82, 2.24) is 5.32 Å². The van der Waals surface area contributed by atoms with Crippen LogP contribution in [0.2, 0.25) is 0 Å². The molecule has 28 heavy (non-hydrogen) atoms. The summed E-state index contributed by atoms with van der Waals surface area (Å²) < 4.78 is 19.0. The molecular weight excluding hydrogens is 355 g/mol. The van der Waals surface area contributed by atoms with Gasteiger partial charge in [-0.3, -0.25) is 10.3 Å². The molecule has 0 aromatic heterocycles. The molecule has 1 aliphatic rings. The number of aromatic hydroxyl groups is 1. The lowest BCUT2D eigenvalue weighted by molar-refractivity contribution is 0.411. The Labute approximate surface area is 163 Å². The van der Waals surface area contributed by atoms with Crippen LogP contribution in [0.15, 0.2) is 77.8 Å². The normalized spacial score (nSPS) is 19.1. The van der Waals surface area contributed by atoms with Gasteiger partial charge >= 0.3 is 0 Å². The van der Waals surface area contributed by atoms with Crippen LogP contribution < -0.4 is 10.1 Å². The van der Waals surface area contributed by atoms with Crippen LogP contribution in [0.25, 0.3) is 0 Å². The van der Waals surface area contributed by atoms with E-state index in [2.05, 4.69) is 5.32 Å². The molecule has 142 valence electrons. The van der Waals surface area contributed by atoms with Gasteiger partial charge in [0.05, 0.1) is 7.11 Å². The predicted molar refractivity (Wildman–Crippen MR) is 107 cm³/mol. The molecule has 0 amide bonds. The van der Waals surface area contributed by atoms with Crippen molar-refractivity contribution in [2.45, 2.75) is 18.6 Å². The topological polar surface area (TPSA) is 53.8 Å². The van der Waals surface area contributed by atoms with Gasteiger partial charge in [0.15, 0.2) is 0 Å². The SMILES string of the molecule is COc1ccc(C2=N[C@@H](c3cccc(F)c3)N[C@@H](c3ccccc3O)C2)cc1. The highest BCUT2D eigenvalue weighted by atomic mass is 19.1. The second-order valence-corrected chi connectivity index (χ2v) is 6.74. The van der Waals surface area contributed by atoms with E-state index in [1.54, 1.807) is 25.3 Å².